The van der Waals surface area contributed by atoms with E-state index in [1.165, 1.54) is 31.2 Å². The van der Waals surface area contributed by atoms with Crippen molar-refractivity contribution in [3.8, 4) is 0 Å². The van der Waals surface area contributed by atoms with Gasteiger partial charge in [0.2, 0.25) is 0 Å². The molecule has 0 aromatic heterocycles. The second kappa shape index (κ2) is 6.03. The highest BCUT2D eigenvalue weighted by Crippen LogP contribution is 2.45. The second-order valence-corrected chi connectivity index (χ2v) is 6.98. The van der Waals surface area contributed by atoms with Crippen molar-refractivity contribution in [1.82, 2.24) is 4.90 Å². The number of likely N-dealkylation sites (N-methyl/N-ethyl adjacent to an activating group) is 1. The third kappa shape index (κ3) is 3.09. The van der Waals surface area contributed by atoms with Crippen molar-refractivity contribution in [1.29, 1.82) is 0 Å². The Morgan fingerprint density at radius 3 is 2.53 bits per heavy atom. The van der Waals surface area contributed by atoms with E-state index >= 15 is 0 Å². The Balaban J connectivity index is 2.43. The summed E-state index contributed by atoms with van der Waals surface area (Å²) in [5, 5.41) is 1.32. The molecule has 106 valence electrons. The highest BCUT2D eigenvalue weighted by atomic mass is 35.5. The number of hydrogen-bond donors (Lipinski definition) is 0. The van der Waals surface area contributed by atoms with E-state index < -0.39 is 0 Å². The van der Waals surface area contributed by atoms with Crippen LogP contribution in [0.5, 0.6) is 0 Å². The molecule has 2 atom stereocenters. The van der Waals surface area contributed by atoms with Crippen molar-refractivity contribution in [3.63, 3.8) is 0 Å². The summed E-state index contributed by atoms with van der Waals surface area (Å²) in [6, 6.07) is 6.19. The van der Waals surface area contributed by atoms with Crippen LogP contribution in [0.3, 0.4) is 0 Å². The average Bonchev–Trinajstić information content (AvgIpc) is 2.35. The molecule has 1 saturated carbocycles. The largest absolute Gasteiger partial charge is 0.309 e. The predicted octanol–water partition coefficient (Wildman–Crippen LogP) is 5.00. The molecular formula is C16H23Cl2N. The van der Waals surface area contributed by atoms with Gasteiger partial charge in [-0.3, -0.25) is 0 Å². The number of halogens is 2. The summed E-state index contributed by atoms with van der Waals surface area (Å²) in [7, 11) is 4.31. The first-order valence-corrected chi connectivity index (χ1v) is 7.81. The van der Waals surface area contributed by atoms with Gasteiger partial charge in [0, 0.05) is 12.0 Å². The van der Waals surface area contributed by atoms with Gasteiger partial charge in [0.1, 0.15) is 0 Å². The fourth-order valence-electron chi connectivity index (χ4n) is 3.54. The minimum Gasteiger partial charge on any atom is -0.309 e. The first kappa shape index (κ1) is 15.2. The normalized spacial score (nSPS) is 27.8. The molecule has 1 aromatic rings. The maximum Gasteiger partial charge on any atom is 0.0595 e. The maximum atomic E-state index is 6.23. The van der Waals surface area contributed by atoms with E-state index in [0.29, 0.717) is 16.0 Å². The van der Waals surface area contributed by atoms with E-state index in [9.17, 15) is 0 Å². The van der Waals surface area contributed by atoms with Crippen LogP contribution in [0.1, 0.15) is 38.2 Å². The Morgan fingerprint density at radius 2 is 1.95 bits per heavy atom. The second-order valence-electron chi connectivity index (χ2n) is 6.17. The molecule has 1 aliphatic rings. The van der Waals surface area contributed by atoms with Crippen molar-refractivity contribution in [2.45, 2.75) is 38.0 Å². The lowest BCUT2D eigenvalue weighted by atomic mass is 9.63. The monoisotopic (exact) mass is 299 g/mol. The zero-order valence-corrected chi connectivity index (χ0v) is 13.6. The molecule has 3 heteroatoms. The molecule has 0 unspecified atom stereocenters. The lowest BCUT2D eigenvalue weighted by Crippen LogP contribution is -2.44. The first-order valence-electron chi connectivity index (χ1n) is 7.06. The molecule has 0 amide bonds. The van der Waals surface area contributed by atoms with Crippen LogP contribution >= 0.6 is 23.2 Å². The summed E-state index contributed by atoms with van der Waals surface area (Å²) in [5.41, 5.74) is 1.57. The molecule has 19 heavy (non-hydrogen) atoms. The van der Waals surface area contributed by atoms with Crippen LogP contribution in [0.25, 0.3) is 0 Å². The Hall–Kier alpha value is -0.240. The summed E-state index contributed by atoms with van der Waals surface area (Å²) in [4.78, 5) is 2.30. The quantitative estimate of drug-likeness (QED) is 0.759. The molecule has 1 fully saturated rings. The van der Waals surface area contributed by atoms with E-state index in [0.717, 1.165) is 6.54 Å². The number of benzene rings is 1. The highest BCUT2D eigenvalue weighted by Gasteiger charge is 2.40. The van der Waals surface area contributed by atoms with E-state index in [4.69, 9.17) is 23.2 Å². The summed E-state index contributed by atoms with van der Waals surface area (Å²) in [6.07, 6.45) is 5.19. The van der Waals surface area contributed by atoms with Gasteiger partial charge in [0.05, 0.1) is 10.0 Å². The average molecular weight is 300 g/mol. The van der Waals surface area contributed by atoms with Gasteiger partial charge in [-0.2, -0.15) is 0 Å². The molecule has 1 nitrogen and oxygen atoms in total. The third-order valence-corrected chi connectivity index (χ3v) is 5.29. The van der Waals surface area contributed by atoms with E-state index in [1.807, 2.05) is 6.07 Å². The fourth-order valence-corrected chi connectivity index (χ4v) is 3.84. The van der Waals surface area contributed by atoms with Gasteiger partial charge in [-0.1, -0.05) is 49.0 Å². The van der Waals surface area contributed by atoms with Crippen molar-refractivity contribution in [2.75, 3.05) is 20.6 Å². The molecule has 0 N–H and O–H groups in total. The molecule has 0 spiro atoms. The predicted molar refractivity (Wildman–Crippen MR) is 84.3 cm³/mol. The molecule has 1 aliphatic carbocycles. The van der Waals surface area contributed by atoms with Gasteiger partial charge in [-0.25, -0.2) is 0 Å². The molecule has 2 rings (SSSR count). The minimum absolute atomic E-state index is 0.218. The third-order valence-electron chi connectivity index (χ3n) is 4.55. The molecule has 0 saturated heterocycles. The smallest absolute Gasteiger partial charge is 0.0595 e. The topological polar surface area (TPSA) is 3.24 Å². The Morgan fingerprint density at radius 1 is 1.21 bits per heavy atom. The lowest BCUT2D eigenvalue weighted by Gasteiger charge is -2.45. The number of hydrogen-bond acceptors (Lipinski definition) is 1. The molecule has 0 bridgehead atoms. The SMILES string of the molecule is C[C@@H]1CCCC[C@@]1(CN(C)C)c1ccc(Cl)c(Cl)c1. The van der Waals surface area contributed by atoms with Gasteiger partial charge >= 0.3 is 0 Å². The van der Waals surface area contributed by atoms with Gasteiger partial charge in [-0.05, 0) is 50.6 Å². The molecular weight excluding hydrogens is 277 g/mol. The number of nitrogens with zero attached hydrogens (tertiary/aromatic N) is 1. The highest BCUT2D eigenvalue weighted by molar-refractivity contribution is 6.42. The van der Waals surface area contributed by atoms with Gasteiger partial charge < -0.3 is 4.90 Å². The van der Waals surface area contributed by atoms with Gasteiger partial charge in [0.25, 0.3) is 0 Å². The summed E-state index contributed by atoms with van der Waals surface area (Å²) in [6.45, 7) is 3.46. The molecule has 1 aromatic carbocycles. The maximum absolute atomic E-state index is 6.23. The molecule has 0 radical (unpaired) electrons. The van der Waals surface area contributed by atoms with Gasteiger partial charge in [0.15, 0.2) is 0 Å². The summed E-state index contributed by atoms with van der Waals surface area (Å²) >= 11 is 12.3. The molecule has 0 aliphatic heterocycles. The van der Waals surface area contributed by atoms with Crippen molar-refractivity contribution in [2.24, 2.45) is 5.92 Å². The van der Waals surface area contributed by atoms with Crippen molar-refractivity contribution < 1.29 is 0 Å². The number of rotatable bonds is 3. The van der Waals surface area contributed by atoms with Crippen LogP contribution in [-0.2, 0) is 5.41 Å². The standard InChI is InChI=1S/C16H23Cl2N/c1-12-6-4-5-9-16(12,11-19(2)3)13-7-8-14(17)15(18)10-13/h7-8,10,12H,4-6,9,11H2,1-3H3/t12-,16+/m1/s1. The van der Waals surface area contributed by atoms with Crippen LogP contribution in [0.2, 0.25) is 10.0 Å². The molecule has 0 heterocycles. The summed E-state index contributed by atoms with van der Waals surface area (Å²) in [5.74, 6) is 0.681. The van der Waals surface area contributed by atoms with Crippen LogP contribution in [0, 0.1) is 5.92 Å². The minimum atomic E-state index is 0.218. The summed E-state index contributed by atoms with van der Waals surface area (Å²) < 4.78 is 0. The van der Waals surface area contributed by atoms with Crippen LogP contribution in [-0.4, -0.2) is 25.5 Å². The van der Waals surface area contributed by atoms with Crippen LogP contribution in [0.4, 0.5) is 0 Å². The van der Waals surface area contributed by atoms with Crippen molar-refractivity contribution >= 4 is 23.2 Å². The van der Waals surface area contributed by atoms with E-state index in [1.54, 1.807) is 0 Å². The van der Waals surface area contributed by atoms with Crippen molar-refractivity contribution in [3.05, 3.63) is 33.8 Å². The van der Waals surface area contributed by atoms with Crippen LogP contribution < -0.4 is 0 Å². The first-order chi connectivity index (χ1) is 8.95. The Kier molecular flexibility index (Phi) is 4.81. The van der Waals surface area contributed by atoms with Gasteiger partial charge in [-0.15, -0.1) is 0 Å². The zero-order valence-electron chi connectivity index (χ0n) is 12.0. The Bertz CT molecular complexity index is 444. The van der Waals surface area contributed by atoms with E-state index in [2.05, 4.69) is 38.1 Å². The fraction of sp³-hybridized carbons (Fsp3) is 0.625. The van der Waals surface area contributed by atoms with Crippen LogP contribution in [0.15, 0.2) is 18.2 Å². The lowest BCUT2D eigenvalue weighted by molar-refractivity contribution is 0.151. The Labute approximate surface area is 126 Å². The zero-order chi connectivity index (χ0) is 14.0. The van der Waals surface area contributed by atoms with E-state index in [-0.39, 0.29) is 5.41 Å².